The van der Waals surface area contributed by atoms with Gasteiger partial charge in [-0.25, -0.2) is 9.37 Å². The molecule has 0 atom stereocenters. The summed E-state index contributed by atoms with van der Waals surface area (Å²) in [6.45, 7) is 0.134. The highest BCUT2D eigenvalue weighted by Gasteiger charge is 2.13. The Bertz CT molecular complexity index is 1190. The normalized spacial score (nSPS) is 11.9. The highest BCUT2D eigenvalue weighted by Crippen LogP contribution is 2.30. The van der Waals surface area contributed by atoms with Crippen molar-refractivity contribution in [3.8, 4) is 16.9 Å². The quantitative estimate of drug-likeness (QED) is 0.340. The van der Waals surface area contributed by atoms with Gasteiger partial charge in [0, 0.05) is 18.3 Å². The molecule has 0 aliphatic heterocycles. The molecule has 0 saturated carbocycles. The van der Waals surface area contributed by atoms with Crippen LogP contribution in [0.4, 0.5) is 4.39 Å². The molecule has 0 unspecified atom stereocenters. The third-order valence-corrected chi connectivity index (χ3v) is 5.70. The van der Waals surface area contributed by atoms with Crippen LogP contribution in [0.2, 0.25) is 5.15 Å². The predicted molar refractivity (Wildman–Crippen MR) is 113 cm³/mol. The fourth-order valence-corrected chi connectivity index (χ4v) is 3.77. The van der Waals surface area contributed by atoms with Crippen LogP contribution in [0.25, 0.3) is 11.1 Å². The number of guanidine groups is 1. The summed E-state index contributed by atoms with van der Waals surface area (Å²) in [6, 6.07) is 13.9. The van der Waals surface area contributed by atoms with E-state index in [2.05, 4.69) is 14.7 Å². The third kappa shape index (κ3) is 5.05. The van der Waals surface area contributed by atoms with Crippen LogP contribution in [0.1, 0.15) is 5.56 Å². The topological polar surface area (TPSA) is 107 Å². The van der Waals surface area contributed by atoms with Crippen LogP contribution in [0.5, 0.6) is 5.75 Å². The third-order valence-electron chi connectivity index (χ3n) is 4.09. The molecule has 0 spiro atoms. The zero-order valence-electron chi connectivity index (χ0n) is 15.8. The van der Waals surface area contributed by atoms with E-state index in [-0.39, 0.29) is 28.3 Å². The van der Waals surface area contributed by atoms with Crippen LogP contribution in [-0.2, 0) is 16.6 Å². The Morgan fingerprint density at radius 1 is 1.23 bits per heavy atom. The zero-order valence-corrected chi connectivity index (χ0v) is 17.4. The van der Waals surface area contributed by atoms with Gasteiger partial charge in [0.2, 0.25) is 5.96 Å². The summed E-state index contributed by atoms with van der Waals surface area (Å²) < 4.78 is 47.0. The minimum absolute atomic E-state index is 0.0340. The number of aromatic nitrogens is 1. The summed E-state index contributed by atoms with van der Waals surface area (Å²) in [4.78, 5) is 4.13. The molecule has 3 N–H and O–H groups in total. The van der Waals surface area contributed by atoms with Gasteiger partial charge >= 0.3 is 0 Å². The van der Waals surface area contributed by atoms with Gasteiger partial charge in [-0.15, -0.1) is 4.40 Å². The molecule has 0 aliphatic carbocycles. The Hall–Kier alpha value is -3.17. The number of hydrogen-bond donors (Lipinski definition) is 2. The molecule has 0 fully saturated rings. The molecule has 0 aliphatic rings. The lowest BCUT2D eigenvalue weighted by molar-refractivity contribution is 0.386. The summed E-state index contributed by atoms with van der Waals surface area (Å²) in [7, 11) is -2.55. The maximum absolute atomic E-state index is 14.0. The lowest BCUT2D eigenvalue weighted by atomic mass is 10.1. The van der Waals surface area contributed by atoms with Gasteiger partial charge in [-0.1, -0.05) is 35.9 Å². The molecule has 0 amide bonds. The van der Waals surface area contributed by atoms with Crippen LogP contribution in [0.3, 0.4) is 0 Å². The molecule has 30 heavy (non-hydrogen) atoms. The minimum Gasteiger partial charge on any atom is -0.494 e. The maximum Gasteiger partial charge on any atom is 0.285 e. The monoisotopic (exact) mass is 448 g/mol. The molecule has 2 aromatic carbocycles. The first-order valence-corrected chi connectivity index (χ1v) is 10.5. The fourth-order valence-electron chi connectivity index (χ4n) is 2.62. The van der Waals surface area contributed by atoms with E-state index in [1.54, 1.807) is 30.3 Å². The summed E-state index contributed by atoms with van der Waals surface area (Å²) in [6.07, 6.45) is 1.50. The number of hydrogen-bond acceptors (Lipinski definition) is 4. The number of nitrogens with zero attached hydrogens (tertiary/aromatic N) is 2. The molecule has 156 valence electrons. The van der Waals surface area contributed by atoms with Gasteiger partial charge in [-0.3, -0.25) is 0 Å². The average Bonchev–Trinajstić information content (AvgIpc) is 2.73. The van der Waals surface area contributed by atoms with Crippen LogP contribution >= 0.6 is 11.6 Å². The molecular weight excluding hydrogens is 431 g/mol. The molecular formula is C20H18ClFN4O3S. The van der Waals surface area contributed by atoms with Crippen molar-refractivity contribution in [3.63, 3.8) is 0 Å². The van der Waals surface area contributed by atoms with E-state index in [0.29, 0.717) is 16.7 Å². The van der Waals surface area contributed by atoms with Crippen LogP contribution in [-0.4, -0.2) is 26.5 Å². The van der Waals surface area contributed by atoms with Crippen LogP contribution < -0.4 is 15.8 Å². The molecule has 10 heteroatoms. The van der Waals surface area contributed by atoms with Crippen molar-refractivity contribution in [2.75, 3.05) is 7.11 Å². The highest BCUT2D eigenvalue weighted by atomic mass is 35.5. The maximum atomic E-state index is 14.0. The number of pyridine rings is 1. The smallest absolute Gasteiger partial charge is 0.285 e. The Labute approximate surface area is 178 Å². The van der Waals surface area contributed by atoms with Gasteiger partial charge in [-0.2, -0.15) is 8.42 Å². The zero-order chi connectivity index (χ0) is 21.7. The number of rotatable bonds is 6. The van der Waals surface area contributed by atoms with E-state index in [1.807, 2.05) is 0 Å². The summed E-state index contributed by atoms with van der Waals surface area (Å²) in [5.74, 6) is -0.688. The number of nitrogens with two attached hydrogens (primary N) is 1. The second-order valence-electron chi connectivity index (χ2n) is 6.15. The number of halogens is 2. The highest BCUT2D eigenvalue weighted by molar-refractivity contribution is 7.90. The molecule has 0 radical (unpaired) electrons. The van der Waals surface area contributed by atoms with Crippen molar-refractivity contribution in [2.24, 2.45) is 10.1 Å². The number of nitrogens with one attached hydrogen (secondary N) is 1. The Balaban J connectivity index is 1.78. The SMILES string of the molecule is COc1ccc(-c2cc(CNC(N)=NS(=O)(=O)c3ccccc3)cnc2Cl)cc1F. The summed E-state index contributed by atoms with van der Waals surface area (Å²) in [5.41, 5.74) is 7.38. The fraction of sp³-hybridized carbons (Fsp3) is 0.100. The molecule has 1 heterocycles. The largest absolute Gasteiger partial charge is 0.494 e. The minimum atomic E-state index is -3.92. The summed E-state index contributed by atoms with van der Waals surface area (Å²) in [5, 5.41) is 2.92. The number of sulfonamides is 1. The first-order valence-electron chi connectivity index (χ1n) is 8.68. The Morgan fingerprint density at radius 2 is 1.97 bits per heavy atom. The van der Waals surface area contributed by atoms with Gasteiger partial charge in [0.05, 0.1) is 12.0 Å². The van der Waals surface area contributed by atoms with E-state index in [9.17, 15) is 12.8 Å². The van der Waals surface area contributed by atoms with Gasteiger partial charge < -0.3 is 15.8 Å². The Kier molecular flexibility index (Phi) is 6.53. The number of methoxy groups -OCH3 is 1. The average molecular weight is 449 g/mol. The van der Waals surface area contributed by atoms with Crippen LogP contribution in [0, 0.1) is 5.82 Å². The lowest BCUT2D eigenvalue weighted by Crippen LogP contribution is -2.32. The second kappa shape index (κ2) is 9.10. The van der Waals surface area contributed by atoms with Crippen molar-refractivity contribution in [2.45, 2.75) is 11.4 Å². The van der Waals surface area contributed by atoms with Crippen LogP contribution in [0.15, 0.2) is 70.1 Å². The molecule has 0 saturated heterocycles. The van der Waals surface area contributed by atoms with E-state index >= 15 is 0 Å². The van der Waals surface area contributed by atoms with Gasteiger partial charge in [0.15, 0.2) is 11.6 Å². The lowest BCUT2D eigenvalue weighted by Gasteiger charge is -2.10. The molecule has 7 nitrogen and oxygen atoms in total. The Morgan fingerprint density at radius 3 is 2.63 bits per heavy atom. The van der Waals surface area contributed by atoms with Crippen molar-refractivity contribution in [3.05, 3.63) is 77.3 Å². The molecule has 1 aromatic heterocycles. The van der Waals surface area contributed by atoms with E-state index < -0.39 is 15.8 Å². The van der Waals surface area contributed by atoms with Crippen molar-refractivity contribution in [1.82, 2.24) is 10.3 Å². The van der Waals surface area contributed by atoms with Gasteiger partial charge in [0.25, 0.3) is 10.0 Å². The van der Waals surface area contributed by atoms with Crippen molar-refractivity contribution >= 4 is 27.6 Å². The number of benzene rings is 2. The second-order valence-corrected chi connectivity index (χ2v) is 8.11. The molecule has 3 rings (SSSR count). The van der Waals surface area contributed by atoms with Crippen molar-refractivity contribution in [1.29, 1.82) is 0 Å². The van der Waals surface area contributed by atoms with Crippen molar-refractivity contribution < 1.29 is 17.5 Å². The van der Waals surface area contributed by atoms with E-state index in [1.165, 1.54) is 37.6 Å². The predicted octanol–water partition coefficient (Wildman–Crippen LogP) is 3.34. The standard InChI is InChI=1S/C20H18ClFN4O3S/c1-29-18-8-7-14(10-17(18)22)16-9-13(11-24-19(16)21)12-25-20(23)26-30(27,28)15-5-3-2-4-6-15/h2-11H,12H2,1H3,(H3,23,25,26). The van der Waals surface area contributed by atoms with E-state index in [4.69, 9.17) is 22.1 Å². The molecule has 0 bridgehead atoms. The first kappa shape index (κ1) is 21.5. The number of ether oxygens (including phenoxy) is 1. The van der Waals surface area contributed by atoms with E-state index in [0.717, 1.165) is 0 Å². The summed E-state index contributed by atoms with van der Waals surface area (Å²) >= 11 is 6.16. The van der Waals surface area contributed by atoms with Gasteiger partial charge in [-0.05, 0) is 41.5 Å². The first-order chi connectivity index (χ1) is 14.3. The van der Waals surface area contributed by atoms with Gasteiger partial charge in [0.1, 0.15) is 5.15 Å². The molecule has 3 aromatic rings.